The van der Waals surface area contributed by atoms with E-state index in [1.54, 1.807) is 7.11 Å². The minimum atomic E-state index is 0.191. The second kappa shape index (κ2) is 11.0. The Balaban J connectivity index is 1.30. The Morgan fingerprint density at radius 1 is 1.09 bits per heavy atom. The molecule has 0 unspecified atom stereocenters. The molecule has 0 radical (unpaired) electrons. The first-order chi connectivity index (χ1) is 17.1. The van der Waals surface area contributed by atoms with Crippen molar-refractivity contribution in [2.24, 2.45) is 0 Å². The van der Waals surface area contributed by atoms with Gasteiger partial charge in [-0.2, -0.15) is 0 Å². The van der Waals surface area contributed by atoms with Crippen LogP contribution in [0.4, 0.5) is 5.82 Å². The summed E-state index contributed by atoms with van der Waals surface area (Å²) in [5.41, 5.74) is 3.47. The zero-order valence-corrected chi connectivity index (χ0v) is 21.3. The molecule has 1 atom stereocenters. The van der Waals surface area contributed by atoms with E-state index in [9.17, 15) is 4.79 Å². The van der Waals surface area contributed by atoms with Gasteiger partial charge in [-0.1, -0.05) is 12.1 Å². The normalized spacial score (nSPS) is 21.7. The molecule has 0 spiro atoms. The van der Waals surface area contributed by atoms with Crippen molar-refractivity contribution >= 4 is 11.7 Å². The van der Waals surface area contributed by atoms with Crippen LogP contribution in [0.5, 0.6) is 5.75 Å². The third-order valence-electron chi connectivity index (χ3n) is 8.00. The molecule has 0 bridgehead atoms. The Kier molecular flexibility index (Phi) is 7.63. The van der Waals surface area contributed by atoms with Crippen LogP contribution in [0.1, 0.15) is 67.1 Å². The minimum Gasteiger partial charge on any atom is -0.497 e. The lowest BCUT2D eigenvalue weighted by Gasteiger charge is -2.40. The SMILES string of the molecule is COc1ccc(CCCN2C(=O)CCc3c(C)nc([C@@H]4CCCN(C5CCNCC5)C4)nc32)cc1. The number of carbonyl (C=O) groups is 1. The summed E-state index contributed by atoms with van der Waals surface area (Å²) in [4.78, 5) is 27.7. The highest BCUT2D eigenvalue weighted by molar-refractivity contribution is 5.95. The summed E-state index contributed by atoms with van der Waals surface area (Å²) < 4.78 is 5.26. The Hall–Kier alpha value is -2.51. The number of aryl methyl sites for hydroxylation is 2. The number of likely N-dealkylation sites (tertiary alicyclic amines) is 1. The second-order valence-electron chi connectivity index (χ2n) is 10.3. The van der Waals surface area contributed by atoms with Crippen molar-refractivity contribution in [1.29, 1.82) is 0 Å². The number of hydrogen-bond donors (Lipinski definition) is 1. The average Bonchev–Trinajstić information content (AvgIpc) is 2.91. The molecule has 7 nitrogen and oxygen atoms in total. The van der Waals surface area contributed by atoms with Gasteiger partial charge in [0.25, 0.3) is 0 Å². The molecule has 3 aliphatic heterocycles. The lowest BCUT2D eigenvalue weighted by Crippen LogP contribution is -2.47. The van der Waals surface area contributed by atoms with Gasteiger partial charge in [-0.3, -0.25) is 14.6 Å². The molecule has 1 aromatic carbocycles. The van der Waals surface area contributed by atoms with E-state index in [0.29, 0.717) is 24.9 Å². The zero-order valence-electron chi connectivity index (χ0n) is 21.3. The molecule has 0 saturated carbocycles. The molecule has 2 saturated heterocycles. The standard InChI is InChI=1S/C28H39N5O2/c1-20-25-11-12-26(34)33(18-3-5-21-7-9-24(35-2)10-8-21)28(25)31-27(30-20)22-6-4-17-32(19-22)23-13-15-29-16-14-23/h7-10,22-23,29H,3-6,11-19H2,1-2H3/t22-/m1/s1. The van der Waals surface area contributed by atoms with E-state index in [4.69, 9.17) is 14.7 Å². The van der Waals surface area contributed by atoms with Gasteiger partial charge in [0.1, 0.15) is 17.4 Å². The molecule has 1 aromatic heterocycles. The van der Waals surface area contributed by atoms with E-state index in [1.807, 2.05) is 17.0 Å². The summed E-state index contributed by atoms with van der Waals surface area (Å²) in [7, 11) is 1.69. The summed E-state index contributed by atoms with van der Waals surface area (Å²) in [5, 5.41) is 3.49. The third kappa shape index (κ3) is 5.51. The van der Waals surface area contributed by atoms with Crippen molar-refractivity contribution in [3.8, 4) is 5.75 Å². The van der Waals surface area contributed by atoms with E-state index in [0.717, 1.165) is 74.0 Å². The summed E-state index contributed by atoms with van der Waals surface area (Å²) in [6.45, 7) is 7.25. The first-order valence-electron chi connectivity index (χ1n) is 13.4. The predicted octanol–water partition coefficient (Wildman–Crippen LogP) is 3.64. The van der Waals surface area contributed by atoms with Crippen molar-refractivity contribution in [3.05, 3.63) is 46.9 Å². The van der Waals surface area contributed by atoms with Crippen LogP contribution < -0.4 is 15.0 Å². The van der Waals surface area contributed by atoms with Crippen LogP contribution in [0.15, 0.2) is 24.3 Å². The third-order valence-corrected chi connectivity index (χ3v) is 8.00. The number of rotatable bonds is 7. The Morgan fingerprint density at radius 3 is 2.66 bits per heavy atom. The predicted molar refractivity (Wildman–Crippen MR) is 138 cm³/mol. The Morgan fingerprint density at radius 2 is 1.89 bits per heavy atom. The van der Waals surface area contributed by atoms with Crippen LogP contribution >= 0.6 is 0 Å². The molecule has 2 aromatic rings. The molecular formula is C28H39N5O2. The number of fused-ring (bicyclic) bond motifs is 1. The van der Waals surface area contributed by atoms with Gasteiger partial charge in [0.05, 0.1) is 7.11 Å². The van der Waals surface area contributed by atoms with Crippen LogP contribution in [-0.2, 0) is 17.6 Å². The highest BCUT2D eigenvalue weighted by Crippen LogP contribution is 2.33. The van der Waals surface area contributed by atoms with Crippen LogP contribution in [-0.4, -0.2) is 66.7 Å². The first kappa shape index (κ1) is 24.2. The molecule has 7 heteroatoms. The maximum absolute atomic E-state index is 13.0. The Bertz CT molecular complexity index is 1020. The number of nitrogens with zero attached hydrogens (tertiary/aromatic N) is 4. The lowest BCUT2D eigenvalue weighted by atomic mass is 9.93. The molecule has 5 rings (SSSR count). The van der Waals surface area contributed by atoms with Crippen molar-refractivity contribution < 1.29 is 9.53 Å². The summed E-state index contributed by atoms with van der Waals surface area (Å²) in [5.74, 6) is 3.22. The van der Waals surface area contributed by atoms with E-state index in [-0.39, 0.29) is 5.91 Å². The van der Waals surface area contributed by atoms with Gasteiger partial charge in [0, 0.05) is 42.7 Å². The molecule has 35 heavy (non-hydrogen) atoms. The largest absolute Gasteiger partial charge is 0.497 e. The summed E-state index contributed by atoms with van der Waals surface area (Å²) in [6, 6.07) is 8.88. The molecular weight excluding hydrogens is 438 g/mol. The smallest absolute Gasteiger partial charge is 0.228 e. The molecule has 3 aliphatic rings. The number of nitrogens with one attached hydrogen (secondary N) is 1. The van der Waals surface area contributed by atoms with Crippen molar-refractivity contribution in [2.45, 2.75) is 70.3 Å². The topological polar surface area (TPSA) is 70.6 Å². The van der Waals surface area contributed by atoms with Crippen LogP contribution in [0.25, 0.3) is 0 Å². The molecule has 4 heterocycles. The average molecular weight is 478 g/mol. The number of piperidine rings is 2. The van der Waals surface area contributed by atoms with Gasteiger partial charge in [-0.15, -0.1) is 0 Å². The molecule has 0 aliphatic carbocycles. The number of amides is 1. The van der Waals surface area contributed by atoms with E-state index in [2.05, 4.69) is 29.3 Å². The number of carbonyl (C=O) groups excluding carboxylic acids is 1. The summed E-state index contributed by atoms with van der Waals surface area (Å²) >= 11 is 0. The molecule has 1 N–H and O–H groups in total. The fourth-order valence-electron chi connectivity index (χ4n) is 5.97. The zero-order chi connectivity index (χ0) is 24.2. The number of methoxy groups -OCH3 is 1. The summed E-state index contributed by atoms with van der Waals surface area (Å²) in [6.07, 6.45) is 7.91. The van der Waals surface area contributed by atoms with Gasteiger partial charge >= 0.3 is 0 Å². The quantitative estimate of drug-likeness (QED) is 0.657. The first-order valence-corrected chi connectivity index (χ1v) is 13.4. The maximum Gasteiger partial charge on any atom is 0.228 e. The lowest BCUT2D eigenvalue weighted by molar-refractivity contribution is -0.119. The van der Waals surface area contributed by atoms with Crippen molar-refractivity contribution in [1.82, 2.24) is 20.2 Å². The highest BCUT2D eigenvalue weighted by atomic mass is 16.5. The number of hydrogen-bond acceptors (Lipinski definition) is 6. The van der Waals surface area contributed by atoms with Crippen LogP contribution in [0.3, 0.4) is 0 Å². The van der Waals surface area contributed by atoms with Crippen molar-refractivity contribution in [3.63, 3.8) is 0 Å². The molecule has 1 amide bonds. The minimum absolute atomic E-state index is 0.191. The van der Waals surface area contributed by atoms with Gasteiger partial charge < -0.3 is 10.1 Å². The highest BCUT2D eigenvalue weighted by Gasteiger charge is 2.32. The second-order valence-corrected chi connectivity index (χ2v) is 10.3. The van der Waals surface area contributed by atoms with Gasteiger partial charge in [0.2, 0.25) is 5.91 Å². The van der Waals surface area contributed by atoms with Crippen LogP contribution in [0, 0.1) is 6.92 Å². The van der Waals surface area contributed by atoms with E-state index >= 15 is 0 Å². The number of aromatic nitrogens is 2. The fraction of sp³-hybridized carbons (Fsp3) is 0.607. The van der Waals surface area contributed by atoms with E-state index < -0.39 is 0 Å². The van der Waals surface area contributed by atoms with Gasteiger partial charge in [-0.05, 0) is 89.2 Å². The number of benzene rings is 1. The fourth-order valence-corrected chi connectivity index (χ4v) is 5.97. The van der Waals surface area contributed by atoms with E-state index in [1.165, 1.54) is 31.4 Å². The van der Waals surface area contributed by atoms with Gasteiger partial charge in [-0.25, -0.2) is 9.97 Å². The number of anilines is 1. The van der Waals surface area contributed by atoms with Crippen molar-refractivity contribution in [2.75, 3.05) is 44.7 Å². The Labute approximate surface area is 209 Å². The van der Waals surface area contributed by atoms with Gasteiger partial charge in [0.15, 0.2) is 0 Å². The molecule has 2 fully saturated rings. The molecule has 188 valence electrons. The maximum atomic E-state index is 13.0. The van der Waals surface area contributed by atoms with Crippen LogP contribution in [0.2, 0.25) is 0 Å². The number of ether oxygens (including phenoxy) is 1. The monoisotopic (exact) mass is 477 g/mol.